The summed E-state index contributed by atoms with van der Waals surface area (Å²) in [4.78, 5) is 21.6. The number of morpholine rings is 1. The van der Waals surface area contributed by atoms with Crippen molar-refractivity contribution in [3.63, 3.8) is 0 Å². The topological polar surface area (TPSA) is 50.6 Å². The third-order valence-corrected chi connectivity index (χ3v) is 4.95. The summed E-state index contributed by atoms with van der Waals surface area (Å²) in [6, 6.07) is 0. The van der Waals surface area contributed by atoms with E-state index in [0.717, 1.165) is 51.4 Å². The Morgan fingerprint density at radius 2 is 1.91 bits per heavy atom. The minimum absolute atomic E-state index is 0.145. The van der Waals surface area contributed by atoms with Gasteiger partial charge >= 0.3 is 0 Å². The van der Waals surface area contributed by atoms with Gasteiger partial charge in [-0.05, 0) is 39.8 Å². The molecule has 2 atom stereocenters. The predicted molar refractivity (Wildman–Crippen MR) is 87.8 cm³/mol. The van der Waals surface area contributed by atoms with Crippen LogP contribution in [0, 0.1) is 5.92 Å². The van der Waals surface area contributed by atoms with Crippen molar-refractivity contribution in [1.82, 2.24) is 19.4 Å². The summed E-state index contributed by atoms with van der Waals surface area (Å²) in [6.07, 6.45) is 6.00. The van der Waals surface area contributed by atoms with Crippen LogP contribution < -0.4 is 0 Å². The van der Waals surface area contributed by atoms with E-state index in [4.69, 9.17) is 4.74 Å². The first-order valence-electron chi connectivity index (χ1n) is 8.65. The molecule has 1 aromatic heterocycles. The molecular weight excluding hydrogens is 292 g/mol. The second-order valence-electron chi connectivity index (χ2n) is 7.01. The Balaban J connectivity index is 1.50. The third-order valence-electron chi connectivity index (χ3n) is 4.95. The highest BCUT2D eigenvalue weighted by Crippen LogP contribution is 2.23. The highest BCUT2D eigenvalue weighted by molar-refractivity contribution is 5.79. The van der Waals surface area contributed by atoms with E-state index in [1.165, 1.54) is 0 Å². The molecule has 0 aromatic carbocycles. The molecule has 0 spiro atoms. The summed E-state index contributed by atoms with van der Waals surface area (Å²) < 4.78 is 7.79. The number of nitrogens with zero attached hydrogens (tertiary/aromatic N) is 4. The highest BCUT2D eigenvalue weighted by atomic mass is 16.5. The molecule has 0 aliphatic carbocycles. The van der Waals surface area contributed by atoms with Gasteiger partial charge in [0.05, 0.1) is 18.8 Å². The van der Waals surface area contributed by atoms with E-state index in [-0.39, 0.29) is 18.1 Å². The Labute approximate surface area is 138 Å². The zero-order valence-corrected chi connectivity index (χ0v) is 14.4. The standard InChI is InChI=1S/C17H28N4O2/c1-13-10-21(11-14(2)23-13)17(22)15-4-7-20(8-5-15)12-16-18-6-9-19(16)3/h6,9,13-15H,4-5,7-8,10-12H2,1-3H3/t13-,14+. The Morgan fingerprint density at radius 3 is 2.48 bits per heavy atom. The number of amides is 1. The average molecular weight is 320 g/mol. The Bertz CT molecular complexity index is 526. The monoisotopic (exact) mass is 320 g/mol. The molecule has 6 heteroatoms. The molecule has 2 fully saturated rings. The maximum Gasteiger partial charge on any atom is 0.225 e. The molecule has 0 bridgehead atoms. The number of imidazole rings is 1. The molecule has 0 radical (unpaired) electrons. The SMILES string of the molecule is C[C@@H]1CN(C(=O)C2CCN(Cc3nccn3C)CC2)C[C@H](C)O1. The van der Waals surface area contributed by atoms with E-state index in [2.05, 4.69) is 14.5 Å². The second-order valence-corrected chi connectivity index (χ2v) is 7.01. The fraction of sp³-hybridized carbons (Fsp3) is 0.765. The molecule has 3 heterocycles. The van der Waals surface area contributed by atoms with Crippen molar-refractivity contribution in [2.24, 2.45) is 13.0 Å². The minimum atomic E-state index is 0.145. The van der Waals surface area contributed by atoms with Gasteiger partial charge in [0, 0.05) is 38.4 Å². The van der Waals surface area contributed by atoms with Crippen LogP contribution in [0.1, 0.15) is 32.5 Å². The van der Waals surface area contributed by atoms with Crippen LogP contribution in [0.2, 0.25) is 0 Å². The molecule has 2 aliphatic heterocycles. The molecule has 1 amide bonds. The van der Waals surface area contributed by atoms with E-state index in [0.29, 0.717) is 5.91 Å². The van der Waals surface area contributed by atoms with Gasteiger partial charge in [-0.1, -0.05) is 0 Å². The molecule has 2 saturated heterocycles. The lowest BCUT2D eigenvalue weighted by Crippen LogP contribution is -2.51. The van der Waals surface area contributed by atoms with Gasteiger partial charge < -0.3 is 14.2 Å². The fourth-order valence-corrected chi connectivity index (χ4v) is 3.70. The first kappa shape index (κ1) is 16.5. The molecule has 23 heavy (non-hydrogen) atoms. The number of ether oxygens (including phenoxy) is 1. The summed E-state index contributed by atoms with van der Waals surface area (Å²) in [5.41, 5.74) is 0. The van der Waals surface area contributed by atoms with Crippen molar-refractivity contribution in [3.8, 4) is 0 Å². The zero-order chi connectivity index (χ0) is 16.4. The van der Waals surface area contributed by atoms with Gasteiger partial charge in [0.15, 0.2) is 0 Å². The van der Waals surface area contributed by atoms with Crippen molar-refractivity contribution < 1.29 is 9.53 Å². The van der Waals surface area contributed by atoms with E-state index in [1.807, 2.05) is 38.2 Å². The Morgan fingerprint density at radius 1 is 1.26 bits per heavy atom. The maximum atomic E-state index is 12.8. The molecule has 1 aromatic rings. The first-order valence-corrected chi connectivity index (χ1v) is 8.65. The molecule has 3 rings (SSSR count). The first-order chi connectivity index (χ1) is 11.0. The van der Waals surface area contributed by atoms with Crippen LogP contribution in [-0.4, -0.2) is 63.6 Å². The van der Waals surface area contributed by atoms with Crippen LogP contribution in [-0.2, 0) is 23.1 Å². The zero-order valence-electron chi connectivity index (χ0n) is 14.4. The minimum Gasteiger partial charge on any atom is -0.372 e. The fourth-order valence-electron chi connectivity index (χ4n) is 3.70. The number of hydrogen-bond acceptors (Lipinski definition) is 4. The molecule has 6 nitrogen and oxygen atoms in total. The number of likely N-dealkylation sites (tertiary alicyclic amines) is 1. The normalized spacial score (nSPS) is 27.3. The number of carbonyl (C=O) groups excluding carboxylic acids is 1. The highest BCUT2D eigenvalue weighted by Gasteiger charge is 2.32. The van der Waals surface area contributed by atoms with Crippen LogP contribution in [0.5, 0.6) is 0 Å². The number of piperidine rings is 1. The smallest absolute Gasteiger partial charge is 0.225 e. The summed E-state index contributed by atoms with van der Waals surface area (Å²) in [6.45, 7) is 8.37. The second kappa shape index (κ2) is 7.01. The van der Waals surface area contributed by atoms with Crippen LogP contribution >= 0.6 is 0 Å². The van der Waals surface area contributed by atoms with E-state index in [9.17, 15) is 4.79 Å². The molecule has 2 aliphatic rings. The van der Waals surface area contributed by atoms with Gasteiger partial charge in [-0.3, -0.25) is 9.69 Å². The summed E-state index contributed by atoms with van der Waals surface area (Å²) in [5.74, 6) is 1.58. The van der Waals surface area contributed by atoms with Crippen molar-refractivity contribution in [2.75, 3.05) is 26.2 Å². The van der Waals surface area contributed by atoms with Crippen LogP contribution in [0.4, 0.5) is 0 Å². The average Bonchev–Trinajstić information content (AvgIpc) is 2.91. The van der Waals surface area contributed by atoms with E-state index >= 15 is 0 Å². The Hall–Kier alpha value is -1.40. The van der Waals surface area contributed by atoms with Gasteiger partial charge in [-0.25, -0.2) is 4.98 Å². The largest absolute Gasteiger partial charge is 0.372 e. The number of hydrogen-bond donors (Lipinski definition) is 0. The number of rotatable bonds is 3. The number of aromatic nitrogens is 2. The van der Waals surface area contributed by atoms with Crippen LogP contribution in [0.3, 0.4) is 0 Å². The molecule has 128 valence electrons. The van der Waals surface area contributed by atoms with Gasteiger partial charge in [0.1, 0.15) is 5.82 Å². The Kier molecular flexibility index (Phi) is 5.02. The molecule has 0 saturated carbocycles. The molecular formula is C17H28N4O2. The lowest BCUT2D eigenvalue weighted by molar-refractivity contribution is -0.148. The predicted octanol–water partition coefficient (Wildman–Crippen LogP) is 1.27. The van der Waals surface area contributed by atoms with Crippen LogP contribution in [0.25, 0.3) is 0 Å². The van der Waals surface area contributed by atoms with Gasteiger partial charge in [0.25, 0.3) is 0 Å². The quantitative estimate of drug-likeness (QED) is 0.841. The number of aryl methyl sites for hydroxylation is 1. The van der Waals surface area contributed by atoms with Gasteiger partial charge in [-0.2, -0.15) is 0 Å². The summed E-state index contributed by atoms with van der Waals surface area (Å²) in [5, 5.41) is 0. The molecule has 0 unspecified atom stereocenters. The van der Waals surface area contributed by atoms with Crippen molar-refractivity contribution in [2.45, 2.75) is 45.4 Å². The lowest BCUT2D eigenvalue weighted by Gasteiger charge is -2.39. The molecule has 0 N–H and O–H groups in total. The summed E-state index contributed by atoms with van der Waals surface area (Å²) in [7, 11) is 2.03. The summed E-state index contributed by atoms with van der Waals surface area (Å²) >= 11 is 0. The van der Waals surface area contributed by atoms with Gasteiger partial charge in [0.2, 0.25) is 5.91 Å². The van der Waals surface area contributed by atoms with E-state index in [1.54, 1.807) is 0 Å². The van der Waals surface area contributed by atoms with Crippen molar-refractivity contribution >= 4 is 5.91 Å². The lowest BCUT2D eigenvalue weighted by atomic mass is 9.94. The van der Waals surface area contributed by atoms with E-state index < -0.39 is 0 Å². The van der Waals surface area contributed by atoms with Crippen molar-refractivity contribution in [3.05, 3.63) is 18.2 Å². The maximum absolute atomic E-state index is 12.8. The van der Waals surface area contributed by atoms with Crippen molar-refractivity contribution in [1.29, 1.82) is 0 Å². The number of carbonyl (C=O) groups is 1. The van der Waals surface area contributed by atoms with Crippen LogP contribution in [0.15, 0.2) is 12.4 Å². The van der Waals surface area contributed by atoms with Gasteiger partial charge in [-0.15, -0.1) is 0 Å². The third kappa shape index (κ3) is 3.93.